The first-order valence-electron chi connectivity index (χ1n) is 6.99. The van der Waals surface area contributed by atoms with Gasteiger partial charge in [-0.05, 0) is 39.0 Å². The van der Waals surface area contributed by atoms with E-state index in [1.165, 1.54) is 0 Å². The first-order valence-corrected chi connectivity index (χ1v) is 6.99. The molecule has 2 atom stereocenters. The quantitative estimate of drug-likeness (QED) is 0.476. The average Bonchev–Trinajstić information content (AvgIpc) is 2.36. The predicted octanol–water partition coefficient (Wildman–Crippen LogP) is 3.08. The summed E-state index contributed by atoms with van der Waals surface area (Å²) in [4.78, 5) is 21.6. The third-order valence-electron chi connectivity index (χ3n) is 3.86. The molecule has 0 aromatic carbocycles. The van der Waals surface area contributed by atoms with E-state index in [0.29, 0.717) is 32.4 Å². The highest BCUT2D eigenvalue weighted by molar-refractivity contribution is 5.73. The zero-order valence-corrected chi connectivity index (χ0v) is 12.8. The molecular weight excluding hydrogens is 260 g/mol. The number of carbonyl (C=O) groups is 2. The van der Waals surface area contributed by atoms with Crippen molar-refractivity contribution in [3.8, 4) is 0 Å². The van der Waals surface area contributed by atoms with E-state index >= 15 is 0 Å². The van der Waals surface area contributed by atoms with E-state index in [0.717, 1.165) is 0 Å². The van der Waals surface area contributed by atoms with Crippen LogP contribution in [0.1, 0.15) is 47.0 Å². The van der Waals surface area contributed by atoms with E-state index in [4.69, 9.17) is 10.2 Å². The minimum Gasteiger partial charge on any atom is -0.481 e. The molecule has 6 heteroatoms. The maximum atomic E-state index is 11.1. The van der Waals surface area contributed by atoms with Crippen LogP contribution in [0, 0.1) is 17.3 Å². The summed E-state index contributed by atoms with van der Waals surface area (Å²) >= 11 is 0. The van der Waals surface area contributed by atoms with Gasteiger partial charge in [0.15, 0.2) is 0 Å². The molecule has 0 amide bonds. The third kappa shape index (κ3) is 6.63. The molecule has 6 nitrogen and oxygen atoms in total. The lowest BCUT2D eigenvalue weighted by atomic mass is 9.78. The standard InChI is InChI=1S/C14H26N2O4/c1-10(12(17)18)6-5-8-15-16-9-7-11(2)14(3,4)13(19)20/h10-11H,5-9H2,1-4H3,(H,17,18)(H,19,20). The SMILES string of the molecule is CC(CCCN=NCCC(C)C(C)(C)C(=O)O)C(=O)O. The Labute approximate surface area is 120 Å². The van der Waals surface area contributed by atoms with Crippen molar-refractivity contribution >= 4 is 11.9 Å². The zero-order valence-electron chi connectivity index (χ0n) is 12.8. The minimum atomic E-state index is -0.801. The van der Waals surface area contributed by atoms with Gasteiger partial charge in [0.1, 0.15) is 0 Å². The second kappa shape index (κ2) is 8.66. The summed E-state index contributed by atoms with van der Waals surface area (Å²) in [5.74, 6) is -1.91. The summed E-state index contributed by atoms with van der Waals surface area (Å²) in [5, 5.41) is 25.8. The fraction of sp³-hybridized carbons (Fsp3) is 0.857. The number of azo groups is 1. The van der Waals surface area contributed by atoms with Crippen LogP contribution in [0.3, 0.4) is 0 Å². The smallest absolute Gasteiger partial charge is 0.309 e. The Morgan fingerprint density at radius 2 is 1.60 bits per heavy atom. The van der Waals surface area contributed by atoms with Crippen LogP contribution in [0.4, 0.5) is 0 Å². The highest BCUT2D eigenvalue weighted by Gasteiger charge is 2.33. The van der Waals surface area contributed by atoms with Gasteiger partial charge in [-0.1, -0.05) is 13.8 Å². The van der Waals surface area contributed by atoms with Gasteiger partial charge < -0.3 is 10.2 Å². The van der Waals surface area contributed by atoms with E-state index in [1.807, 2.05) is 6.92 Å². The van der Waals surface area contributed by atoms with Crippen molar-refractivity contribution in [2.75, 3.05) is 13.1 Å². The molecular formula is C14H26N2O4. The van der Waals surface area contributed by atoms with Crippen LogP contribution in [-0.4, -0.2) is 35.2 Å². The summed E-state index contributed by atoms with van der Waals surface area (Å²) in [7, 11) is 0. The fourth-order valence-corrected chi connectivity index (χ4v) is 1.56. The molecule has 2 N–H and O–H groups in total. The van der Waals surface area contributed by atoms with Gasteiger partial charge >= 0.3 is 11.9 Å². The van der Waals surface area contributed by atoms with E-state index < -0.39 is 17.4 Å². The van der Waals surface area contributed by atoms with Crippen LogP contribution in [0.25, 0.3) is 0 Å². The van der Waals surface area contributed by atoms with Crippen molar-refractivity contribution in [1.82, 2.24) is 0 Å². The van der Waals surface area contributed by atoms with Crippen molar-refractivity contribution in [3.05, 3.63) is 0 Å². The Morgan fingerprint density at radius 3 is 2.10 bits per heavy atom. The van der Waals surface area contributed by atoms with Gasteiger partial charge in [0.05, 0.1) is 24.4 Å². The molecule has 0 heterocycles. The lowest BCUT2D eigenvalue weighted by Gasteiger charge is -2.26. The third-order valence-corrected chi connectivity index (χ3v) is 3.86. The molecule has 0 radical (unpaired) electrons. The summed E-state index contributed by atoms with van der Waals surface area (Å²) < 4.78 is 0. The molecule has 0 aliphatic rings. The first kappa shape index (κ1) is 18.5. The summed E-state index contributed by atoms with van der Waals surface area (Å²) in [5.41, 5.74) is -0.758. The number of aliphatic carboxylic acids is 2. The molecule has 0 spiro atoms. The molecule has 2 unspecified atom stereocenters. The Bertz CT molecular complexity index is 353. The molecule has 0 aliphatic heterocycles. The summed E-state index contributed by atoms with van der Waals surface area (Å²) in [6.07, 6.45) is 1.97. The van der Waals surface area contributed by atoms with Crippen LogP contribution < -0.4 is 0 Å². The monoisotopic (exact) mass is 286 g/mol. The Hall–Kier alpha value is -1.46. The highest BCUT2D eigenvalue weighted by Crippen LogP contribution is 2.29. The molecule has 116 valence electrons. The van der Waals surface area contributed by atoms with Crippen molar-refractivity contribution in [2.45, 2.75) is 47.0 Å². The topological polar surface area (TPSA) is 99.3 Å². The highest BCUT2D eigenvalue weighted by atomic mass is 16.4. The van der Waals surface area contributed by atoms with Gasteiger partial charge in [0, 0.05) is 0 Å². The molecule has 0 aliphatic carbocycles. The largest absolute Gasteiger partial charge is 0.481 e. The average molecular weight is 286 g/mol. The van der Waals surface area contributed by atoms with Gasteiger partial charge in [0.2, 0.25) is 0 Å². The number of carboxylic acids is 2. The number of hydrogen-bond donors (Lipinski definition) is 2. The van der Waals surface area contributed by atoms with E-state index in [-0.39, 0.29) is 11.8 Å². The maximum Gasteiger partial charge on any atom is 0.309 e. The van der Waals surface area contributed by atoms with Crippen molar-refractivity contribution in [1.29, 1.82) is 0 Å². The molecule has 20 heavy (non-hydrogen) atoms. The van der Waals surface area contributed by atoms with Gasteiger partial charge in [-0.15, -0.1) is 0 Å². The normalized spacial score (nSPS) is 15.2. The van der Waals surface area contributed by atoms with Gasteiger partial charge in [-0.2, -0.15) is 10.2 Å². The lowest BCUT2D eigenvalue weighted by Crippen LogP contribution is -2.31. The number of nitrogens with zero attached hydrogens (tertiary/aromatic N) is 2. The Morgan fingerprint density at radius 1 is 1.05 bits per heavy atom. The summed E-state index contributed by atoms with van der Waals surface area (Å²) in [6, 6.07) is 0. The minimum absolute atomic E-state index is 0.0194. The van der Waals surface area contributed by atoms with Crippen LogP contribution in [0.15, 0.2) is 10.2 Å². The van der Waals surface area contributed by atoms with E-state index in [1.54, 1.807) is 20.8 Å². The van der Waals surface area contributed by atoms with E-state index in [9.17, 15) is 9.59 Å². The fourth-order valence-electron chi connectivity index (χ4n) is 1.56. The van der Waals surface area contributed by atoms with Crippen molar-refractivity contribution in [3.63, 3.8) is 0 Å². The number of rotatable bonds is 10. The van der Waals surface area contributed by atoms with Crippen LogP contribution in [-0.2, 0) is 9.59 Å². The van der Waals surface area contributed by atoms with Gasteiger partial charge in [-0.25, -0.2) is 0 Å². The second-order valence-corrected chi connectivity index (χ2v) is 5.83. The predicted molar refractivity (Wildman–Crippen MR) is 75.8 cm³/mol. The van der Waals surface area contributed by atoms with Gasteiger partial charge in [0.25, 0.3) is 0 Å². The summed E-state index contributed by atoms with van der Waals surface area (Å²) in [6.45, 7) is 8.03. The zero-order chi connectivity index (χ0) is 15.8. The van der Waals surface area contributed by atoms with Crippen LogP contribution in [0.2, 0.25) is 0 Å². The van der Waals surface area contributed by atoms with Crippen LogP contribution in [0.5, 0.6) is 0 Å². The van der Waals surface area contributed by atoms with Gasteiger partial charge in [-0.3, -0.25) is 9.59 Å². The first-order chi connectivity index (χ1) is 9.19. The lowest BCUT2D eigenvalue weighted by molar-refractivity contribution is -0.149. The molecule has 0 bridgehead atoms. The van der Waals surface area contributed by atoms with Crippen molar-refractivity contribution < 1.29 is 19.8 Å². The Balaban J connectivity index is 3.82. The molecule has 0 rings (SSSR count). The number of hydrogen-bond acceptors (Lipinski definition) is 4. The molecule has 0 aromatic rings. The van der Waals surface area contributed by atoms with Crippen LogP contribution >= 0.6 is 0 Å². The molecule has 0 saturated carbocycles. The van der Waals surface area contributed by atoms with E-state index in [2.05, 4.69) is 10.2 Å². The Kier molecular flexibility index (Phi) is 8.03. The molecule has 0 aromatic heterocycles. The molecule has 0 fully saturated rings. The van der Waals surface area contributed by atoms with Crippen molar-refractivity contribution in [2.24, 2.45) is 27.5 Å². The second-order valence-electron chi connectivity index (χ2n) is 5.83. The maximum absolute atomic E-state index is 11.1. The molecule has 0 saturated heterocycles. The number of carboxylic acid groups (broad SMARTS) is 2.